The molecule has 0 radical (unpaired) electrons. The monoisotopic (exact) mass is 519 g/mol. The molecule has 1 fully saturated rings. The molecule has 0 heterocycles. The Morgan fingerprint density at radius 1 is 1.00 bits per heavy atom. The summed E-state index contributed by atoms with van der Waals surface area (Å²) in [4.78, 5) is 11.1. The Morgan fingerprint density at radius 3 is 2.31 bits per heavy atom. The van der Waals surface area contributed by atoms with Gasteiger partial charge in [-0.3, -0.25) is 4.72 Å². The van der Waals surface area contributed by atoms with Gasteiger partial charge in [0.05, 0.1) is 21.7 Å². The molecule has 1 aliphatic rings. The molecule has 0 bridgehead atoms. The van der Waals surface area contributed by atoms with Crippen LogP contribution < -0.4 is 9.46 Å². The van der Waals surface area contributed by atoms with Crippen LogP contribution in [0, 0.1) is 0 Å². The minimum atomic E-state index is -4.66. The van der Waals surface area contributed by atoms with Crippen molar-refractivity contribution in [2.45, 2.75) is 49.3 Å². The molecular formula is C26H24F3NO5S. The van der Waals surface area contributed by atoms with E-state index in [2.05, 4.69) is 4.72 Å². The minimum absolute atomic E-state index is 0.0483. The second kappa shape index (κ2) is 10.2. The summed E-state index contributed by atoms with van der Waals surface area (Å²) in [5.74, 6) is -1.31. The SMILES string of the molecule is O=C(O)c1ccc(COc2cc(C(F)(F)F)ccc2NS(=O)(=O)c2ccccc2C2CCCC2)cc1. The number of hydrogen-bond acceptors (Lipinski definition) is 4. The largest absolute Gasteiger partial charge is 0.487 e. The zero-order chi connectivity index (χ0) is 25.9. The van der Waals surface area contributed by atoms with Gasteiger partial charge in [-0.15, -0.1) is 0 Å². The fourth-order valence-corrected chi connectivity index (χ4v) is 5.68. The molecule has 0 amide bonds. The van der Waals surface area contributed by atoms with E-state index in [1.165, 1.54) is 30.3 Å². The van der Waals surface area contributed by atoms with Crippen LogP contribution in [0.3, 0.4) is 0 Å². The molecule has 3 aromatic rings. The Labute approximate surface area is 206 Å². The lowest BCUT2D eigenvalue weighted by atomic mass is 9.98. The van der Waals surface area contributed by atoms with Gasteiger partial charge < -0.3 is 9.84 Å². The lowest BCUT2D eigenvalue weighted by Gasteiger charge is -2.19. The van der Waals surface area contributed by atoms with E-state index >= 15 is 0 Å². The number of carbonyl (C=O) groups is 1. The van der Waals surface area contributed by atoms with Crippen molar-refractivity contribution >= 4 is 21.7 Å². The first-order chi connectivity index (χ1) is 17.0. The lowest BCUT2D eigenvalue weighted by Crippen LogP contribution is -2.17. The second-order valence-electron chi connectivity index (χ2n) is 8.62. The number of hydrogen-bond donors (Lipinski definition) is 2. The molecule has 2 N–H and O–H groups in total. The highest BCUT2D eigenvalue weighted by Gasteiger charge is 2.32. The van der Waals surface area contributed by atoms with Gasteiger partial charge in [-0.05, 0) is 66.3 Å². The Morgan fingerprint density at radius 2 is 1.67 bits per heavy atom. The number of aromatic carboxylic acids is 1. The summed E-state index contributed by atoms with van der Waals surface area (Å²) in [5.41, 5.74) is 0.111. The normalized spacial score (nSPS) is 14.5. The van der Waals surface area contributed by atoms with E-state index in [-0.39, 0.29) is 34.4 Å². The van der Waals surface area contributed by atoms with Crippen molar-refractivity contribution in [1.82, 2.24) is 0 Å². The van der Waals surface area contributed by atoms with Crippen LogP contribution in [0.4, 0.5) is 18.9 Å². The first-order valence-electron chi connectivity index (χ1n) is 11.3. The number of carboxylic acids is 1. The van der Waals surface area contributed by atoms with Crippen LogP contribution in [0.1, 0.15) is 58.6 Å². The molecule has 3 aromatic carbocycles. The maximum atomic E-state index is 13.4. The van der Waals surface area contributed by atoms with E-state index in [0.717, 1.165) is 43.9 Å². The predicted octanol–water partition coefficient (Wildman–Crippen LogP) is 6.44. The Balaban J connectivity index is 1.64. The molecule has 0 unspecified atom stereocenters. The van der Waals surface area contributed by atoms with Crippen LogP contribution in [0.2, 0.25) is 0 Å². The van der Waals surface area contributed by atoms with Crippen molar-refractivity contribution in [3.05, 3.63) is 89.0 Å². The number of rotatable bonds is 8. The smallest absolute Gasteiger partial charge is 0.416 e. The van der Waals surface area contributed by atoms with Gasteiger partial charge in [-0.25, -0.2) is 13.2 Å². The van der Waals surface area contributed by atoms with Gasteiger partial charge in [0.15, 0.2) is 0 Å². The summed E-state index contributed by atoms with van der Waals surface area (Å²) in [6, 6.07) is 14.8. The van der Waals surface area contributed by atoms with Crippen LogP contribution in [0.25, 0.3) is 0 Å². The quantitative estimate of drug-likeness (QED) is 0.357. The molecule has 0 aliphatic heterocycles. The maximum Gasteiger partial charge on any atom is 0.416 e. The molecule has 6 nitrogen and oxygen atoms in total. The van der Waals surface area contributed by atoms with E-state index in [1.54, 1.807) is 18.2 Å². The Kier molecular flexibility index (Phi) is 7.26. The van der Waals surface area contributed by atoms with E-state index in [0.29, 0.717) is 11.1 Å². The number of benzene rings is 3. The topological polar surface area (TPSA) is 92.7 Å². The zero-order valence-electron chi connectivity index (χ0n) is 19.1. The number of halogens is 3. The first kappa shape index (κ1) is 25.6. The maximum absolute atomic E-state index is 13.4. The van der Waals surface area contributed by atoms with Gasteiger partial charge in [0.25, 0.3) is 10.0 Å². The van der Waals surface area contributed by atoms with Crippen LogP contribution in [-0.2, 0) is 22.8 Å². The molecule has 0 spiro atoms. The molecule has 190 valence electrons. The third-order valence-electron chi connectivity index (χ3n) is 6.15. The van der Waals surface area contributed by atoms with Gasteiger partial charge in [-0.2, -0.15) is 13.2 Å². The summed E-state index contributed by atoms with van der Waals surface area (Å²) in [7, 11) is -4.13. The first-order valence-corrected chi connectivity index (χ1v) is 12.8. The van der Waals surface area contributed by atoms with Crippen molar-refractivity contribution in [3.63, 3.8) is 0 Å². The predicted molar refractivity (Wildman–Crippen MR) is 128 cm³/mol. The fourth-order valence-electron chi connectivity index (χ4n) is 4.31. The molecule has 1 aliphatic carbocycles. The van der Waals surface area contributed by atoms with Gasteiger partial charge in [0.1, 0.15) is 12.4 Å². The molecule has 1 saturated carbocycles. The number of nitrogens with one attached hydrogen (secondary N) is 1. The van der Waals surface area contributed by atoms with Gasteiger partial charge in [0, 0.05) is 0 Å². The average Bonchev–Trinajstić information content (AvgIpc) is 3.38. The van der Waals surface area contributed by atoms with Crippen LogP contribution in [0.5, 0.6) is 5.75 Å². The van der Waals surface area contributed by atoms with Crippen molar-refractivity contribution in [2.75, 3.05) is 4.72 Å². The third-order valence-corrected chi connectivity index (χ3v) is 7.59. The molecule has 0 saturated heterocycles. The standard InChI is InChI=1S/C26H24F3NO5S/c27-26(28,29)20-13-14-22(23(15-20)35-16-17-9-11-19(12-10-17)25(31)32)30-36(33,34)24-8-4-3-7-21(24)18-5-1-2-6-18/h3-4,7-15,18,30H,1-2,5-6,16H2,(H,31,32). The third kappa shape index (κ3) is 5.81. The molecule has 0 aromatic heterocycles. The van der Waals surface area contributed by atoms with Gasteiger partial charge in [0.2, 0.25) is 0 Å². The summed E-state index contributed by atoms with van der Waals surface area (Å²) in [5, 5.41) is 9.01. The Bertz CT molecular complexity index is 1350. The molecule has 0 atom stereocenters. The van der Waals surface area contributed by atoms with E-state index in [4.69, 9.17) is 9.84 Å². The molecule has 36 heavy (non-hydrogen) atoms. The number of sulfonamides is 1. The van der Waals surface area contributed by atoms with Crippen molar-refractivity contribution in [1.29, 1.82) is 0 Å². The number of anilines is 1. The number of alkyl halides is 3. The van der Waals surface area contributed by atoms with Gasteiger partial charge >= 0.3 is 12.1 Å². The number of ether oxygens (including phenoxy) is 1. The van der Waals surface area contributed by atoms with E-state index < -0.39 is 27.7 Å². The molecule has 4 rings (SSSR count). The van der Waals surface area contributed by atoms with E-state index in [1.807, 2.05) is 0 Å². The molecular weight excluding hydrogens is 495 g/mol. The minimum Gasteiger partial charge on any atom is -0.487 e. The zero-order valence-corrected chi connectivity index (χ0v) is 19.9. The van der Waals surface area contributed by atoms with Crippen molar-refractivity contribution < 1.29 is 36.2 Å². The van der Waals surface area contributed by atoms with Crippen LogP contribution >= 0.6 is 0 Å². The van der Waals surface area contributed by atoms with E-state index in [9.17, 15) is 26.4 Å². The summed E-state index contributed by atoms with van der Waals surface area (Å²) >= 11 is 0. The highest BCUT2D eigenvalue weighted by atomic mass is 32.2. The Hall–Kier alpha value is -3.53. The molecule has 10 heteroatoms. The van der Waals surface area contributed by atoms with Crippen LogP contribution in [-0.4, -0.2) is 19.5 Å². The highest BCUT2D eigenvalue weighted by molar-refractivity contribution is 7.92. The van der Waals surface area contributed by atoms with Gasteiger partial charge in [-0.1, -0.05) is 43.2 Å². The second-order valence-corrected chi connectivity index (χ2v) is 10.3. The summed E-state index contributed by atoms with van der Waals surface area (Å²) < 4.78 is 74.8. The lowest BCUT2D eigenvalue weighted by molar-refractivity contribution is -0.137. The fraction of sp³-hybridized carbons (Fsp3) is 0.269. The number of carboxylic acid groups (broad SMARTS) is 1. The van der Waals surface area contributed by atoms with Crippen molar-refractivity contribution in [3.8, 4) is 5.75 Å². The van der Waals surface area contributed by atoms with Crippen LogP contribution in [0.15, 0.2) is 71.6 Å². The summed E-state index contributed by atoms with van der Waals surface area (Å²) in [6.45, 7) is -0.200. The highest BCUT2D eigenvalue weighted by Crippen LogP contribution is 2.39. The average molecular weight is 520 g/mol. The van der Waals surface area contributed by atoms with Crippen molar-refractivity contribution in [2.24, 2.45) is 0 Å². The summed E-state index contributed by atoms with van der Waals surface area (Å²) in [6.07, 6.45) is -0.884.